The Balaban J connectivity index is 1.58. The first-order valence-electron chi connectivity index (χ1n) is 12.6. The normalized spacial score (nSPS) is 19.3. The maximum Gasteiger partial charge on any atom is 0.416 e. The van der Waals surface area contributed by atoms with Gasteiger partial charge < -0.3 is 20.1 Å². The molecule has 1 aromatic carbocycles. The highest BCUT2D eigenvalue weighted by molar-refractivity contribution is 6.33. The van der Waals surface area contributed by atoms with Gasteiger partial charge in [-0.05, 0) is 51.3 Å². The van der Waals surface area contributed by atoms with Gasteiger partial charge in [-0.1, -0.05) is 18.5 Å². The quantitative estimate of drug-likeness (QED) is 0.496. The van der Waals surface area contributed by atoms with Gasteiger partial charge in [-0.3, -0.25) is 9.59 Å². The van der Waals surface area contributed by atoms with Crippen molar-refractivity contribution in [2.45, 2.75) is 64.8 Å². The summed E-state index contributed by atoms with van der Waals surface area (Å²) in [4.78, 5) is 38.4. The number of anilines is 2. The van der Waals surface area contributed by atoms with Crippen LogP contribution in [0, 0.1) is 13.8 Å². The monoisotopic (exact) mass is 548 g/mol. The van der Waals surface area contributed by atoms with E-state index in [1.807, 2.05) is 6.92 Å². The molecule has 2 aromatic heterocycles. The van der Waals surface area contributed by atoms with E-state index < -0.39 is 17.6 Å². The Morgan fingerprint density at radius 1 is 1.21 bits per heavy atom. The maximum absolute atomic E-state index is 13.8. The van der Waals surface area contributed by atoms with Gasteiger partial charge in [0.05, 0.1) is 27.7 Å². The van der Waals surface area contributed by atoms with Crippen molar-refractivity contribution in [2.75, 3.05) is 23.3 Å². The molecule has 5 rings (SSSR count). The molecule has 0 bridgehead atoms. The van der Waals surface area contributed by atoms with E-state index in [-0.39, 0.29) is 34.2 Å². The predicted molar refractivity (Wildman–Crippen MR) is 140 cm³/mol. The van der Waals surface area contributed by atoms with Gasteiger partial charge in [0.15, 0.2) is 11.2 Å². The number of nitrogens with one attached hydrogen (secondary N) is 2. The van der Waals surface area contributed by atoms with Crippen molar-refractivity contribution in [2.24, 2.45) is 0 Å². The number of pyridine rings is 1. The number of amides is 1. The van der Waals surface area contributed by atoms with Crippen LogP contribution in [0.4, 0.5) is 24.5 Å². The van der Waals surface area contributed by atoms with Crippen molar-refractivity contribution in [3.63, 3.8) is 0 Å². The van der Waals surface area contributed by atoms with Crippen LogP contribution in [0.15, 0.2) is 23.0 Å². The van der Waals surface area contributed by atoms with E-state index in [0.717, 1.165) is 37.6 Å². The maximum atomic E-state index is 13.8. The number of aromatic nitrogens is 3. The average molecular weight is 549 g/mol. The highest BCUT2D eigenvalue weighted by atomic mass is 35.5. The molecule has 8 nitrogen and oxygen atoms in total. The number of aryl methyl sites for hydroxylation is 2. The van der Waals surface area contributed by atoms with Gasteiger partial charge in [0.1, 0.15) is 12.2 Å². The molecule has 12 heteroatoms. The molecule has 38 heavy (non-hydrogen) atoms. The molecule has 3 heterocycles. The molecule has 1 saturated heterocycles. The van der Waals surface area contributed by atoms with E-state index in [9.17, 15) is 22.8 Å². The van der Waals surface area contributed by atoms with Crippen LogP contribution in [0.3, 0.4) is 0 Å². The Bertz CT molecular complexity index is 1490. The summed E-state index contributed by atoms with van der Waals surface area (Å²) in [5.41, 5.74) is 1.90. The standard InChI is InChI=1S/C26H28ClF3N6O2/c1-4-19-23(35-10-9-31-18-7-8-20(18)35)24(38)22-25(33-14(3)13(2)32-22)36(19)12-21(37)34-17-6-5-15(11-16(17)27)26(28,29)30/h5-6,11,18,20,31H,4,7-10,12H2,1-3H3,(H,34,37)/t18-,20-/m0/s1. The van der Waals surface area contributed by atoms with Crippen LogP contribution in [0.5, 0.6) is 0 Å². The van der Waals surface area contributed by atoms with Crippen molar-refractivity contribution < 1.29 is 18.0 Å². The first kappa shape index (κ1) is 26.4. The van der Waals surface area contributed by atoms with Crippen LogP contribution < -0.4 is 21.0 Å². The van der Waals surface area contributed by atoms with Crippen LogP contribution >= 0.6 is 11.6 Å². The number of fused-ring (bicyclic) bond motifs is 2. The fraction of sp³-hybridized carbons (Fsp3) is 0.462. The molecule has 1 saturated carbocycles. The SMILES string of the molecule is CCc1c(N2CCN[C@H]3CC[C@@H]32)c(=O)c2nc(C)c(C)nc2n1CC(=O)Nc1ccc(C(F)(F)F)cc1Cl. The first-order chi connectivity index (χ1) is 18.0. The fourth-order valence-corrected chi connectivity index (χ4v) is 5.52. The molecular formula is C26H28ClF3N6O2. The van der Waals surface area contributed by atoms with E-state index in [4.69, 9.17) is 11.6 Å². The second kappa shape index (κ2) is 9.85. The molecule has 3 aromatic rings. The number of nitrogens with zero attached hydrogens (tertiary/aromatic N) is 4. The smallest absolute Gasteiger partial charge is 0.361 e. The van der Waals surface area contributed by atoms with Gasteiger partial charge in [0, 0.05) is 30.9 Å². The van der Waals surface area contributed by atoms with Gasteiger partial charge in [-0.2, -0.15) is 13.2 Å². The Morgan fingerprint density at radius 3 is 2.58 bits per heavy atom. The summed E-state index contributed by atoms with van der Waals surface area (Å²) in [6.07, 6.45) is -2.08. The zero-order valence-corrected chi connectivity index (χ0v) is 22.0. The highest BCUT2D eigenvalue weighted by Gasteiger charge is 2.40. The van der Waals surface area contributed by atoms with Gasteiger partial charge >= 0.3 is 6.18 Å². The molecule has 1 amide bonds. The molecule has 202 valence electrons. The summed E-state index contributed by atoms with van der Waals surface area (Å²) in [6.45, 7) is 6.66. The van der Waals surface area contributed by atoms with E-state index in [1.54, 1.807) is 18.4 Å². The van der Waals surface area contributed by atoms with E-state index in [2.05, 4.69) is 25.5 Å². The Labute approximate surface area is 222 Å². The van der Waals surface area contributed by atoms with E-state index >= 15 is 0 Å². The fourth-order valence-electron chi connectivity index (χ4n) is 5.29. The number of carbonyl (C=O) groups is 1. The number of benzene rings is 1. The minimum atomic E-state index is -4.55. The molecule has 1 aliphatic carbocycles. The molecule has 0 radical (unpaired) electrons. The minimum absolute atomic E-state index is 0.0609. The molecule has 0 unspecified atom stereocenters. The van der Waals surface area contributed by atoms with Crippen LogP contribution in [0.1, 0.15) is 42.4 Å². The van der Waals surface area contributed by atoms with Gasteiger partial charge in [0.2, 0.25) is 11.3 Å². The molecule has 2 N–H and O–H groups in total. The van der Waals surface area contributed by atoms with Crippen LogP contribution in [-0.2, 0) is 23.9 Å². The third kappa shape index (κ3) is 4.62. The molecular weight excluding hydrogens is 521 g/mol. The van der Waals surface area contributed by atoms with E-state index in [0.29, 0.717) is 47.4 Å². The van der Waals surface area contributed by atoms with Crippen LogP contribution in [0.25, 0.3) is 11.2 Å². The largest absolute Gasteiger partial charge is 0.416 e. The Morgan fingerprint density at radius 2 is 1.95 bits per heavy atom. The predicted octanol–water partition coefficient (Wildman–Crippen LogP) is 4.22. The molecule has 2 fully saturated rings. The highest BCUT2D eigenvalue weighted by Crippen LogP contribution is 2.35. The number of hydrogen-bond acceptors (Lipinski definition) is 6. The van der Waals surface area contributed by atoms with Crippen molar-refractivity contribution >= 4 is 40.0 Å². The lowest BCUT2D eigenvalue weighted by atomic mass is 9.83. The average Bonchev–Trinajstić information content (AvgIpc) is 2.83. The number of halogens is 4. The Kier molecular flexibility index (Phi) is 6.85. The molecule has 2 atom stereocenters. The lowest BCUT2D eigenvalue weighted by Crippen LogP contribution is -2.64. The van der Waals surface area contributed by atoms with Gasteiger partial charge in [-0.25, -0.2) is 9.97 Å². The summed E-state index contributed by atoms with van der Waals surface area (Å²) < 4.78 is 40.8. The topological polar surface area (TPSA) is 92.2 Å². The molecule has 1 aliphatic heterocycles. The second-order valence-corrected chi connectivity index (χ2v) is 10.2. The van der Waals surface area contributed by atoms with Crippen molar-refractivity contribution in [1.29, 1.82) is 0 Å². The number of hydrogen-bond donors (Lipinski definition) is 2. The first-order valence-corrected chi connectivity index (χ1v) is 12.9. The van der Waals surface area contributed by atoms with Gasteiger partial charge in [-0.15, -0.1) is 0 Å². The summed E-state index contributed by atoms with van der Waals surface area (Å²) in [5.74, 6) is -0.515. The summed E-state index contributed by atoms with van der Waals surface area (Å²) in [5, 5.41) is 5.88. The molecule has 2 aliphatic rings. The summed E-state index contributed by atoms with van der Waals surface area (Å²) in [7, 11) is 0. The van der Waals surface area contributed by atoms with Crippen molar-refractivity contribution in [3.8, 4) is 0 Å². The lowest BCUT2D eigenvalue weighted by molar-refractivity contribution is -0.137. The third-order valence-corrected chi connectivity index (χ3v) is 7.78. The van der Waals surface area contributed by atoms with Crippen LogP contribution in [-0.4, -0.2) is 45.6 Å². The van der Waals surface area contributed by atoms with E-state index in [1.165, 1.54) is 0 Å². The third-order valence-electron chi connectivity index (χ3n) is 7.47. The van der Waals surface area contributed by atoms with Crippen molar-refractivity contribution in [3.05, 3.63) is 56.1 Å². The number of carbonyl (C=O) groups excluding carboxylic acids is 1. The molecule has 0 spiro atoms. The number of rotatable bonds is 5. The van der Waals surface area contributed by atoms with Crippen LogP contribution in [0.2, 0.25) is 5.02 Å². The Hall–Kier alpha value is -3.18. The van der Waals surface area contributed by atoms with Gasteiger partial charge in [0.25, 0.3) is 0 Å². The summed E-state index contributed by atoms with van der Waals surface area (Å²) in [6, 6.07) is 3.27. The number of alkyl halides is 3. The summed E-state index contributed by atoms with van der Waals surface area (Å²) >= 11 is 6.06. The zero-order chi connectivity index (χ0) is 27.4. The lowest BCUT2D eigenvalue weighted by Gasteiger charge is -2.50. The zero-order valence-electron chi connectivity index (χ0n) is 21.2. The second-order valence-electron chi connectivity index (χ2n) is 9.77. The minimum Gasteiger partial charge on any atom is -0.361 e. The number of piperazine rings is 1. The van der Waals surface area contributed by atoms with Crippen molar-refractivity contribution in [1.82, 2.24) is 19.9 Å².